The lowest BCUT2D eigenvalue weighted by Crippen LogP contribution is -2.42. The average molecular weight is 353 g/mol. The molecule has 2 aromatic rings. The lowest BCUT2D eigenvalue weighted by atomic mass is 9.86. The van der Waals surface area contributed by atoms with Gasteiger partial charge in [0.1, 0.15) is 6.04 Å². The highest BCUT2D eigenvalue weighted by molar-refractivity contribution is 5.97. The fraction of sp³-hybridized carbons (Fsp3) is 0.364. The van der Waals surface area contributed by atoms with E-state index in [4.69, 9.17) is 0 Å². The van der Waals surface area contributed by atoms with Crippen molar-refractivity contribution in [3.63, 3.8) is 0 Å². The summed E-state index contributed by atoms with van der Waals surface area (Å²) < 4.78 is 0. The molecule has 1 atom stereocenters. The first-order chi connectivity index (χ1) is 12.1. The van der Waals surface area contributed by atoms with Crippen LogP contribution in [-0.2, 0) is 16.6 Å². The smallest absolute Gasteiger partial charge is 0.326 e. The molecule has 0 spiro atoms. The normalized spacial score (nSPS) is 12.5. The second kappa shape index (κ2) is 7.73. The molecule has 0 heterocycles. The Labute approximate surface area is 155 Å². The van der Waals surface area contributed by atoms with Gasteiger partial charge in [0.15, 0.2) is 0 Å². The van der Waals surface area contributed by atoms with Gasteiger partial charge >= 0.3 is 5.97 Å². The molecular formula is C22H27NO3. The molecule has 0 aliphatic carbocycles. The zero-order chi connectivity index (χ0) is 19.5. The van der Waals surface area contributed by atoms with E-state index in [2.05, 4.69) is 26.1 Å². The van der Waals surface area contributed by atoms with Crippen LogP contribution in [0.5, 0.6) is 0 Å². The molecule has 0 aliphatic rings. The number of carboxylic acids is 1. The molecule has 2 N–H and O–H groups in total. The summed E-state index contributed by atoms with van der Waals surface area (Å²) in [5.74, 6) is -1.40. The molecule has 2 aromatic carbocycles. The zero-order valence-corrected chi connectivity index (χ0v) is 16.1. The molecule has 138 valence electrons. The summed E-state index contributed by atoms with van der Waals surface area (Å²) in [5, 5.41) is 12.2. The Kier molecular flexibility index (Phi) is 5.86. The second-order valence-corrected chi connectivity index (χ2v) is 7.89. The Bertz CT molecular complexity index is 781. The number of carbonyl (C=O) groups excluding carboxylic acids is 1. The van der Waals surface area contributed by atoms with Crippen LogP contribution in [0.25, 0.3) is 0 Å². The number of hydrogen-bond donors (Lipinski definition) is 2. The number of carbonyl (C=O) groups is 2. The Morgan fingerprint density at radius 3 is 2.00 bits per heavy atom. The monoisotopic (exact) mass is 353 g/mol. The molecule has 0 bridgehead atoms. The number of hydrogen-bond acceptors (Lipinski definition) is 2. The van der Waals surface area contributed by atoms with Crippen LogP contribution in [0.2, 0.25) is 0 Å². The van der Waals surface area contributed by atoms with Crippen molar-refractivity contribution in [2.75, 3.05) is 0 Å². The summed E-state index contributed by atoms with van der Waals surface area (Å²) in [6.45, 7) is 10.2. The summed E-state index contributed by atoms with van der Waals surface area (Å²) in [6.07, 6.45) is 0.246. The molecule has 0 saturated carbocycles. The van der Waals surface area contributed by atoms with Crippen molar-refractivity contribution in [3.05, 3.63) is 70.3 Å². The number of aliphatic carboxylic acids is 1. The van der Waals surface area contributed by atoms with Gasteiger partial charge in [-0.3, -0.25) is 4.79 Å². The van der Waals surface area contributed by atoms with E-state index in [1.807, 2.05) is 44.2 Å². The first-order valence-electron chi connectivity index (χ1n) is 8.77. The van der Waals surface area contributed by atoms with E-state index in [0.717, 1.165) is 16.7 Å². The summed E-state index contributed by atoms with van der Waals surface area (Å²) in [5.41, 5.74) is 4.54. The number of rotatable bonds is 5. The SMILES string of the molecule is Cc1cc(C)cc(C(=O)N[C@@H](Cc2ccc(C(C)(C)C)cc2)C(=O)O)c1. The van der Waals surface area contributed by atoms with E-state index in [-0.39, 0.29) is 17.7 Å². The van der Waals surface area contributed by atoms with Gasteiger partial charge in [0.2, 0.25) is 0 Å². The van der Waals surface area contributed by atoms with Gasteiger partial charge in [-0.05, 0) is 42.5 Å². The molecular weight excluding hydrogens is 326 g/mol. The van der Waals surface area contributed by atoms with Crippen molar-refractivity contribution >= 4 is 11.9 Å². The third-order valence-electron chi connectivity index (χ3n) is 4.35. The third kappa shape index (κ3) is 5.19. The van der Waals surface area contributed by atoms with Crippen molar-refractivity contribution in [1.82, 2.24) is 5.32 Å². The van der Waals surface area contributed by atoms with Crippen molar-refractivity contribution in [2.24, 2.45) is 0 Å². The molecule has 0 saturated heterocycles. The minimum atomic E-state index is -1.04. The molecule has 0 fully saturated rings. The maximum Gasteiger partial charge on any atom is 0.326 e. The predicted octanol–water partition coefficient (Wildman–Crippen LogP) is 4.03. The fourth-order valence-electron chi connectivity index (χ4n) is 2.92. The highest BCUT2D eigenvalue weighted by Crippen LogP contribution is 2.22. The first kappa shape index (κ1) is 19.7. The number of amides is 1. The lowest BCUT2D eigenvalue weighted by Gasteiger charge is -2.20. The molecule has 4 nitrogen and oxygen atoms in total. The Morgan fingerprint density at radius 2 is 1.54 bits per heavy atom. The van der Waals surface area contributed by atoms with Crippen LogP contribution in [0.4, 0.5) is 0 Å². The Morgan fingerprint density at radius 1 is 1.00 bits per heavy atom. The fourth-order valence-corrected chi connectivity index (χ4v) is 2.92. The minimum absolute atomic E-state index is 0.0436. The summed E-state index contributed by atoms with van der Waals surface area (Å²) in [7, 11) is 0. The van der Waals surface area contributed by atoms with Crippen LogP contribution in [0, 0.1) is 13.8 Å². The molecule has 0 radical (unpaired) electrons. The largest absolute Gasteiger partial charge is 0.480 e. The molecule has 2 rings (SSSR count). The maximum atomic E-state index is 12.5. The van der Waals surface area contributed by atoms with Crippen molar-refractivity contribution in [3.8, 4) is 0 Å². The number of carboxylic acid groups (broad SMARTS) is 1. The topological polar surface area (TPSA) is 66.4 Å². The van der Waals surface area contributed by atoms with Crippen molar-refractivity contribution < 1.29 is 14.7 Å². The summed E-state index contributed by atoms with van der Waals surface area (Å²) in [6, 6.07) is 12.4. The van der Waals surface area contributed by atoms with E-state index >= 15 is 0 Å². The van der Waals surface area contributed by atoms with E-state index in [0.29, 0.717) is 5.56 Å². The Hall–Kier alpha value is -2.62. The number of nitrogens with one attached hydrogen (secondary N) is 1. The van der Waals surface area contributed by atoms with Gasteiger partial charge < -0.3 is 10.4 Å². The van der Waals surface area contributed by atoms with Crippen LogP contribution in [0.15, 0.2) is 42.5 Å². The third-order valence-corrected chi connectivity index (χ3v) is 4.35. The highest BCUT2D eigenvalue weighted by atomic mass is 16.4. The summed E-state index contributed by atoms with van der Waals surface area (Å²) in [4.78, 5) is 24.1. The second-order valence-electron chi connectivity index (χ2n) is 7.89. The number of benzene rings is 2. The number of aryl methyl sites for hydroxylation is 2. The standard InChI is InChI=1S/C22H27NO3/c1-14-10-15(2)12-17(11-14)20(24)23-19(21(25)26)13-16-6-8-18(9-7-16)22(3,4)5/h6-12,19H,13H2,1-5H3,(H,23,24)(H,25,26)/t19-/m0/s1. The maximum absolute atomic E-state index is 12.5. The molecule has 0 aromatic heterocycles. The predicted molar refractivity (Wildman–Crippen MR) is 104 cm³/mol. The highest BCUT2D eigenvalue weighted by Gasteiger charge is 2.22. The lowest BCUT2D eigenvalue weighted by molar-refractivity contribution is -0.139. The van der Waals surface area contributed by atoms with E-state index in [9.17, 15) is 14.7 Å². The zero-order valence-electron chi connectivity index (χ0n) is 16.1. The van der Waals surface area contributed by atoms with Gasteiger partial charge in [0.05, 0.1) is 0 Å². The van der Waals surface area contributed by atoms with Crippen molar-refractivity contribution in [2.45, 2.75) is 52.5 Å². The van der Waals surface area contributed by atoms with Crippen LogP contribution < -0.4 is 5.32 Å². The van der Waals surface area contributed by atoms with Gasteiger partial charge in [0, 0.05) is 12.0 Å². The van der Waals surface area contributed by atoms with E-state index in [1.54, 1.807) is 12.1 Å². The first-order valence-corrected chi connectivity index (χ1v) is 8.77. The molecule has 0 aliphatic heterocycles. The minimum Gasteiger partial charge on any atom is -0.480 e. The van der Waals surface area contributed by atoms with Gasteiger partial charge in [-0.15, -0.1) is 0 Å². The molecule has 4 heteroatoms. The van der Waals surface area contributed by atoms with Crippen LogP contribution >= 0.6 is 0 Å². The molecule has 1 amide bonds. The van der Waals surface area contributed by atoms with Gasteiger partial charge in [-0.25, -0.2) is 4.79 Å². The molecule has 0 unspecified atom stereocenters. The molecule has 26 heavy (non-hydrogen) atoms. The average Bonchev–Trinajstić information content (AvgIpc) is 2.52. The quantitative estimate of drug-likeness (QED) is 0.853. The van der Waals surface area contributed by atoms with E-state index < -0.39 is 12.0 Å². The van der Waals surface area contributed by atoms with Gasteiger partial charge in [0.25, 0.3) is 5.91 Å². The van der Waals surface area contributed by atoms with Crippen molar-refractivity contribution in [1.29, 1.82) is 0 Å². The van der Waals surface area contributed by atoms with E-state index in [1.165, 1.54) is 5.56 Å². The van der Waals surface area contributed by atoms with Gasteiger partial charge in [-0.1, -0.05) is 62.2 Å². The Balaban J connectivity index is 2.14. The van der Waals surface area contributed by atoms with Crippen LogP contribution in [0.1, 0.15) is 53.4 Å². The van der Waals surface area contributed by atoms with Crippen LogP contribution in [-0.4, -0.2) is 23.0 Å². The van der Waals surface area contributed by atoms with Crippen LogP contribution in [0.3, 0.4) is 0 Å². The summed E-state index contributed by atoms with van der Waals surface area (Å²) >= 11 is 0. The van der Waals surface area contributed by atoms with Gasteiger partial charge in [-0.2, -0.15) is 0 Å².